The molecule has 1 rings (SSSR count). The van der Waals surface area contributed by atoms with E-state index >= 15 is 0 Å². The van der Waals surface area contributed by atoms with Gasteiger partial charge in [-0.05, 0) is 25.0 Å². The van der Waals surface area contributed by atoms with Crippen LogP contribution in [0.3, 0.4) is 0 Å². The van der Waals surface area contributed by atoms with Crippen molar-refractivity contribution in [1.82, 2.24) is 0 Å². The Bertz CT molecular complexity index is 310. The molecule has 1 N–H and O–H groups in total. The van der Waals surface area contributed by atoms with Crippen LogP contribution in [-0.4, -0.2) is 15.5 Å². The predicted molar refractivity (Wildman–Crippen MR) is 63.1 cm³/mol. The molecular weight excluding hydrogens is 258 g/mol. The third kappa shape index (κ3) is 5.36. The van der Waals surface area contributed by atoms with Crippen LogP contribution >= 0.6 is 34.8 Å². The van der Waals surface area contributed by atoms with Gasteiger partial charge in [0.2, 0.25) is 0 Å². The molecule has 0 heterocycles. The maximum atomic E-state index is 9.37. The summed E-state index contributed by atoms with van der Waals surface area (Å²) in [5.41, 5.74) is 0. The van der Waals surface area contributed by atoms with E-state index in [2.05, 4.69) is 0 Å². The Balaban J connectivity index is 2.30. The minimum Gasteiger partial charge on any atom is -0.504 e. The quantitative estimate of drug-likeness (QED) is 0.663. The second-order valence-corrected chi connectivity index (χ2v) is 5.55. The van der Waals surface area contributed by atoms with Crippen molar-refractivity contribution in [3.05, 3.63) is 24.3 Å². The summed E-state index contributed by atoms with van der Waals surface area (Å²) in [6, 6.07) is 6.75. The standard InChI is InChI=1S/C10H11Cl3O2/c11-10(12,13)6-3-7-15-9-5-2-1-4-8(9)14/h1-2,4-5,14H,3,6-7H2. The lowest BCUT2D eigenvalue weighted by atomic mass is 10.3. The summed E-state index contributed by atoms with van der Waals surface area (Å²) in [7, 11) is 0. The van der Waals surface area contributed by atoms with Gasteiger partial charge in [0.1, 0.15) is 0 Å². The second-order valence-electron chi connectivity index (χ2n) is 3.03. The number of alkyl halides is 3. The molecule has 0 amide bonds. The molecule has 0 aliphatic heterocycles. The van der Waals surface area contributed by atoms with E-state index < -0.39 is 3.79 Å². The highest BCUT2D eigenvalue weighted by Gasteiger charge is 2.18. The highest BCUT2D eigenvalue weighted by molar-refractivity contribution is 6.67. The molecule has 1 aromatic carbocycles. The van der Waals surface area contributed by atoms with Crippen molar-refractivity contribution in [3.8, 4) is 11.5 Å². The Hall–Kier alpha value is -0.310. The van der Waals surface area contributed by atoms with Gasteiger partial charge in [0, 0.05) is 0 Å². The third-order valence-corrected chi connectivity index (χ3v) is 2.29. The van der Waals surface area contributed by atoms with Gasteiger partial charge in [-0.3, -0.25) is 0 Å². The molecule has 15 heavy (non-hydrogen) atoms. The largest absolute Gasteiger partial charge is 0.504 e. The van der Waals surface area contributed by atoms with E-state index in [1.54, 1.807) is 24.3 Å². The van der Waals surface area contributed by atoms with Gasteiger partial charge in [-0.25, -0.2) is 0 Å². The van der Waals surface area contributed by atoms with E-state index in [1.807, 2.05) is 0 Å². The first-order valence-electron chi connectivity index (χ1n) is 4.46. The summed E-state index contributed by atoms with van der Waals surface area (Å²) >= 11 is 16.7. The molecule has 0 radical (unpaired) electrons. The molecule has 84 valence electrons. The fourth-order valence-corrected chi connectivity index (χ4v) is 1.43. The van der Waals surface area contributed by atoms with Gasteiger partial charge >= 0.3 is 0 Å². The molecule has 0 bridgehead atoms. The number of hydrogen-bond acceptors (Lipinski definition) is 2. The first-order chi connectivity index (χ1) is 6.99. The molecule has 5 heteroatoms. The van der Waals surface area contributed by atoms with Gasteiger partial charge in [0.05, 0.1) is 6.61 Å². The van der Waals surface area contributed by atoms with Gasteiger partial charge in [-0.15, -0.1) is 0 Å². The van der Waals surface area contributed by atoms with E-state index in [-0.39, 0.29) is 5.75 Å². The molecule has 0 saturated heterocycles. The van der Waals surface area contributed by atoms with Crippen molar-refractivity contribution in [3.63, 3.8) is 0 Å². The van der Waals surface area contributed by atoms with Crippen molar-refractivity contribution in [1.29, 1.82) is 0 Å². The Morgan fingerprint density at radius 1 is 1.20 bits per heavy atom. The summed E-state index contributed by atoms with van der Waals surface area (Å²) in [6.07, 6.45) is 1.04. The lowest BCUT2D eigenvalue weighted by molar-refractivity contribution is 0.291. The number of phenols is 1. The molecule has 0 unspecified atom stereocenters. The summed E-state index contributed by atoms with van der Waals surface area (Å²) in [5.74, 6) is 0.563. The van der Waals surface area contributed by atoms with E-state index in [0.717, 1.165) is 0 Å². The molecule has 0 saturated carbocycles. The van der Waals surface area contributed by atoms with Crippen LogP contribution in [0.25, 0.3) is 0 Å². The summed E-state index contributed by atoms with van der Waals surface area (Å²) in [5, 5.41) is 9.37. The Morgan fingerprint density at radius 3 is 2.47 bits per heavy atom. The summed E-state index contributed by atoms with van der Waals surface area (Å²) in [6.45, 7) is 0.408. The SMILES string of the molecule is Oc1ccccc1OCCCC(Cl)(Cl)Cl. The van der Waals surface area contributed by atoms with E-state index in [1.165, 1.54) is 0 Å². The zero-order chi connectivity index (χ0) is 11.3. The van der Waals surface area contributed by atoms with Crippen LogP contribution in [0, 0.1) is 0 Å². The van der Waals surface area contributed by atoms with E-state index in [9.17, 15) is 5.11 Å². The van der Waals surface area contributed by atoms with Gasteiger partial charge in [-0.2, -0.15) is 0 Å². The normalized spacial score (nSPS) is 11.4. The maximum absolute atomic E-state index is 9.37. The fourth-order valence-electron chi connectivity index (χ4n) is 1.03. The molecule has 2 nitrogen and oxygen atoms in total. The smallest absolute Gasteiger partial charge is 0.190 e. The zero-order valence-electron chi connectivity index (χ0n) is 7.92. The minimum absolute atomic E-state index is 0.117. The van der Waals surface area contributed by atoms with E-state index in [0.29, 0.717) is 25.2 Å². The average molecular weight is 270 g/mol. The van der Waals surface area contributed by atoms with Gasteiger partial charge in [0.25, 0.3) is 0 Å². The van der Waals surface area contributed by atoms with Crippen molar-refractivity contribution < 1.29 is 9.84 Å². The first-order valence-corrected chi connectivity index (χ1v) is 5.60. The van der Waals surface area contributed by atoms with Crippen LogP contribution in [0.4, 0.5) is 0 Å². The van der Waals surface area contributed by atoms with Crippen LogP contribution in [-0.2, 0) is 0 Å². The minimum atomic E-state index is -1.23. The van der Waals surface area contributed by atoms with Crippen molar-refractivity contribution in [2.24, 2.45) is 0 Å². The van der Waals surface area contributed by atoms with Gasteiger partial charge < -0.3 is 9.84 Å². The molecule has 0 spiro atoms. The second kappa shape index (κ2) is 5.69. The van der Waals surface area contributed by atoms with Crippen molar-refractivity contribution >= 4 is 34.8 Å². The third-order valence-electron chi connectivity index (χ3n) is 1.73. The first kappa shape index (κ1) is 12.8. The number of benzene rings is 1. The molecular formula is C10H11Cl3O2. The number of para-hydroxylation sites is 2. The Kier molecular flexibility index (Phi) is 4.84. The predicted octanol–water partition coefficient (Wildman–Crippen LogP) is 3.92. The average Bonchev–Trinajstić information content (AvgIpc) is 2.13. The Labute approximate surface area is 104 Å². The number of phenolic OH excluding ortho intramolecular Hbond substituents is 1. The zero-order valence-corrected chi connectivity index (χ0v) is 10.2. The monoisotopic (exact) mass is 268 g/mol. The molecule has 0 atom stereocenters. The lowest BCUT2D eigenvalue weighted by Gasteiger charge is -2.11. The number of halogens is 3. The van der Waals surface area contributed by atoms with Gasteiger partial charge in [0.15, 0.2) is 15.3 Å². The van der Waals surface area contributed by atoms with Gasteiger partial charge in [-0.1, -0.05) is 46.9 Å². The Morgan fingerprint density at radius 2 is 1.87 bits per heavy atom. The topological polar surface area (TPSA) is 29.5 Å². The summed E-state index contributed by atoms with van der Waals surface area (Å²) < 4.78 is 4.07. The van der Waals surface area contributed by atoms with Crippen LogP contribution in [0.1, 0.15) is 12.8 Å². The summed E-state index contributed by atoms with van der Waals surface area (Å²) in [4.78, 5) is 0. The molecule has 1 aromatic rings. The van der Waals surface area contributed by atoms with Crippen LogP contribution in [0.2, 0.25) is 0 Å². The van der Waals surface area contributed by atoms with E-state index in [4.69, 9.17) is 39.5 Å². The number of rotatable bonds is 4. The molecule has 0 aliphatic rings. The number of aromatic hydroxyl groups is 1. The fraction of sp³-hybridized carbons (Fsp3) is 0.400. The highest BCUT2D eigenvalue weighted by atomic mass is 35.6. The van der Waals surface area contributed by atoms with Crippen LogP contribution < -0.4 is 4.74 Å². The van der Waals surface area contributed by atoms with Crippen LogP contribution in [0.5, 0.6) is 11.5 Å². The highest BCUT2D eigenvalue weighted by Crippen LogP contribution is 2.31. The molecule has 0 fully saturated rings. The maximum Gasteiger partial charge on any atom is 0.190 e. The van der Waals surface area contributed by atoms with Crippen molar-refractivity contribution in [2.45, 2.75) is 16.6 Å². The number of ether oxygens (including phenoxy) is 1. The van der Waals surface area contributed by atoms with Crippen molar-refractivity contribution in [2.75, 3.05) is 6.61 Å². The number of hydrogen-bond donors (Lipinski definition) is 1. The molecule has 0 aliphatic carbocycles. The lowest BCUT2D eigenvalue weighted by Crippen LogP contribution is -2.06. The molecule has 0 aromatic heterocycles. The van der Waals surface area contributed by atoms with Crippen LogP contribution in [0.15, 0.2) is 24.3 Å².